The standard InChI is InChI=1S/C12H16ClNO3S/c1-8(2)18(16,17)14-7-10-4-5-12(13)11(6-10)9(3)15/h4-6,8,14H,7H2,1-3H3. The van der Waals surface area contributed by atoms with Crippen molar-refractivity contribution in [3.8, 4) is 0 Å². The predicted octanol–water partition coefficient (Wildman–Crippen LogP) is 2.37. The molecule has 0 aromatic heterocycles. The van der Waals surface area contributed by atoms with Gasteiger partial charge in [0.15, 0.2) is 5.78 Å². The van der Waals surface area contributed by atoms with Crippen LogP contribution in [-0.2, 0) is 16.6 Å². The van der Waals surface area contributed by atoms with Gasteiger partial charge in [0.2, 0.25) is 10.0 Å². The van der Waals surface area contributed by atoms with Gasteiger partial charge >= 0.3 is 0 Å². The zero-order valence-electron chi connectivity index (χ0n) is 10.5. The quantitative estimate of drug-likeness (QED) is 0.847. The van der Waals surface area contributed by atoms with E-state index in [4.69, 9.17) is 11.6 Å². The predicted molar refractivity (Wildman–Crippen MR) is 72.4 cm³/mol. The molecule has 0 heterocycles. The second-order valence-electron chi connectivity index (χ2n) is 4.29. The highest BCUT2D eigenvalue weighted by molar-refractivity contribution is 7.90. The Labute approximate surface area is 112 Å². The fourth-order valence-corrected chi connectivity index (χ4v) is 2.25. The van der Waals surface area contributed by atoms with E-state index in [1.165, 1.54) is 6.92 Å². The molecule has 1 aromatic carbocycles. The summed E-state index contributed by atoms with van der Waals surface area (Å²) in [6.07, 6.45) is 0. The molecule has 4 nitrogen and oxygen atoms in total. The molecule has 0 aliphatic heterocycles. The summed E-state index contributed by atoms with van der Waals surface area (Å²) in [4.78, 5) is 11.3. The molecule has 0 unspecified atom stereocenters. The number of hydrogen-bond donors (Lipinski definition) is 1. The van der Waals surface area contributed by atoms with E-state index in [2.05, 4.69) is 4.72 Å². The largest absolute Gasteiger partial charge is 0.294 e. The van der Waals surface area contributed by atoms with Gasteiger partial charge in [-0.05, 0) is 38.5 Å². The van der Waals surface area contributed by atoms with Gasteiger partial charge in [-0.3, -0.25) is 4.79 Å². The van der Waals surface area contributed by atoms with Crippen molar-refractivity contribution in [2.45, 2.75) is 32.6 Å². The average Bonchev–Trinajstić information content (AvgIpc) is 2.27. The monoisotopic (exact) mass is 289 g/mol. The summed E-state index contributed by atoms with van der Waals surface area (Å²) < 4.78 is 25.6. The van der Waals surface area contributed by atoms with E-state index in [1.807, 2.05) is 0 Å². The third-order valence-electron chi connectivity index (χ3n) is 2.51. The highest BCUT2D eigenvalue weighted by Crippen LogP contribution is 2.18. The van der Waals surface area contributed by atoms with Crippen LogP contribution in [0, 0.1) is 0 Å². The van der Waals surface area contributed by atoms with Crippen LogP contribution in [0.25, 0.3) is 0 Å². The maximum Gasteiger partial charge on any atom is 0.214 e. The second-order valence-corrected chi connectivity index (χ2v) is 7.01. The van der Waals surface area contributed by atoms with Crippen LogP contribution in [0.2, 0.25) is 5.02 Å². The summed E-state index contributed by atoms with van der Waals surface area (Å²) in [6.45, 7) is 4.78. The third kappa shape index (κ3) is 3.80. The van der Waals surface area contributed by atoms with E-state index in [9.17, 15) is 13.2 Å². The minimum Gasteiger partial charge on any atom is -0.294 e. The molecule has 18 heavy (non-hydrogen) atoms. The average molecular weight is 290 g/mol. The molecule has 0 fully saturated rings. The van der Waals surface area contributed by atoms with Crippen molar-refractivity contribution in [2.75, 3.05) is 0 Å². The Hall–Kier alpha value is -0.910. The lowest BCUT2D eigenvalue weighted by atomic mass is 10.1. The zero-order valence-corrected chi connectivity index (χ0v) is 12.1. The maximum absolute atomic E-state index is 11.6. The van der Waals surface area contributed by atoms with Crippen LogP contribution >= 0.6 is 11.6 Å². The summed E-state index contributed by atoms with van der Waals surface area (Å²) in [5.41, 5.74) is 1.10. The van der Waals surface area contributed by atoms with Crippen molar-refractivity contribution in [3.05, 3.63) is 34.3 Å². The van der Waals surface area contributed by atoms with Crippen molar-refractivity contribution >= 4 is 27.4 Å². The van der Waals surface area contributed by atoms with Crippen LogP contribution in [0.1, 0.15) is 36.7 Å². The highest BCUT2D eigenvalue weighted by atomic mass is 35.5. The summed E-state index contributed by atoms with van der Waals surface area (Å²) in [5.74, 6) is -0.145. The topological polar surface area (TPSA) is 63.2 Å². The van der Waals surface area contributed by atoms with Gasteiger partial charge in [-0.1, -0.05) is 17.7 Å². The second kappa shape index (κ2) is 5.82. The first-order valence-electron chi connectivity index (χ1n) is 5.52. The summed E-state index contributed by atoms with van der Waals surface area (Å²) in [6, 6.07) is 4.89. The smallest absolute Gasteiger partial charge is 0.214 e. The van der Waals surface area contributed by atoms with Gasteiger partial charge in [-0.15, -0.1) is 0 Å². The van der Waals surface area contributed by atoms with E-state index >= 15 is 0 Å². The van der Waals surface area contributed by atoms with Gasteiger partial charge in [-0.25, -0.2) is 13.1 Å². The number of hydrogen-bond acceptors (Lipinski definition) is 3. The molecule has 1 rings (SSSR count). The molecule has 0 atom stereocenters. The molecular weight excluding hydrogens is 274 g/mol. The van der Waals surface area contributed by atoms with E-state index in [0.29, 0.717) is 16.1 Å². The Kier molecular flexibility index (Phi) is 4.90. The number of Topliss-reactive ketones (excluding diaryl/α,β-unsaturated/α-hetero) is 1. The van der Waals surface area contributed by atoms with Gasteiger partial charge in [0, 0.05) is 12.1 Å². The van der Waals surface area contributed by atoms with Crippen molar-refractivity contribution < 1.29 is 13.2 Å². The molecule has 0 saturated heterocycles. The highest BCUT2D eigenvalue weighted by Gasteiger charge is 2.15. The Morgan fingerprint density at radius 2 is 2.00 bits per heavy atom. The van der Waals surface area contributed by atoms with Crippen molar-refractivity contribution in [2.24, 2.45) is 0 Å². The summed E-state index contributed by atoms with van der Waals surface area (Å²) in [5, 5.41) is -0.116. The van der Waals surface area contributed by atoms with Gasteiger partial charge in [0.25, 0.3) is 0 Å². The van der Waals surface area contributed by atoms with Gasteiger partial charge in [0.1, 0.15) is 0 Å². The lowest BCUT2D eigenvalue weighted by molar-refractivity contribution is 0.101. The van der Waals surface area contributed by atoms with Crippen LogP contribution < -0.4 is 4.72 Å². The van der Waals surface area contributed by atoms with Crippen molar-refractivity contribution in [1.29, 1.82) is 0 Å². The molecule has 6 heteroatoms. The number of carbonyl (C=O) groups excluding carboxylic acids is 1. The molecule has 0 aliphatic carbocycles. The Morgan fingerprint density at radius 1 is 1.39 bits per heavy atom. The molecule has 0 radical (unpaired) electrons. The first kappa shape index (κ1) is 15.1. The molecule has 0 spiro atoms. The number of carbonyl (C=O) groups is 1. The van der Waals surface area contributed by atoms with Crippen molar-refractivity contribution in [1.82, 2.24) is 4.72 Å². The number of halogens is 1. The Morgan fingerprint density at radius 3 is 2.50 bits per heavy atom. The number of nitrogens with one attached hydrogen (secondary N) is 1. The SMILES string of the molecule is CC(=O)c1cc(CNS(=O)(=O)C(C)C)ccc1Cl. The van der Waals surface area contributed by atoms with E-state index in [0.717, 1.165) is 0 Å². The number of benzene rings is 1. The summed E-state index contributed by atoms with van der Waals surface area (Å²) >= 11 is 5.87. The lowest BCUT2D eigenvalue weighted by Crippen LogP contribution is -2.30. The van der Waals surface area contributed by atoms with Gasteiger partial charge in [-0.2, -0.15) is 0 Å². The fraction of sp³-hybridized carbons (Fsp3) is 0.417. The molecule has 0 aliphatic rings. The normalized spacial score (nSPS) is 11.8. The van der Waals surface area contributed by atoms with Crippen LogP contribution in [0.15, 0.2) is 18.2 Å². The van der Waals surface area contributed by atoms with Gasteiger partial charge < -0.3 is 0 Å². The van der Waals surface area contributed by atoms with E-state index in [-0.39, 0.29) is 12.3 Å². The molecule has 100 valence electrons. The number of sulfonamides is 1. The first-order valence-corrected chi connectivity index (χ1v) is 7.44. The van der Waals surface area contributed by atoms with Crippen LogP contribution in [0.5, 0.6) is 0 Å². The third-order valence-corrected chi connectivity index (χ3v) is 4.63. The van der Waals surface area contributed by atoms with Gasteiger partial charge in [0.05, 0.1) is 10.3 Å². The summed E-state index contributed by atoms with van der Waals surface area (Å²) in [7, 11) is -3.31. The molecular formula is C12H16ClNO3S. The minimum atomic E-state index is -3.31. The minimum absolute atomic E-state index is 0.145. The Bertz CT molecular complexity index is 552. The molecule has 0 amide bonds. The zero-order chi connectivity index (χ0) is 13.9. The van der Waals surface area contributed by atoms with Crippen LogP contribution in [0.3, 0.4) is 0 Å². The molecule has 0 saturated carbocycles. The molecule has 1 aromatic rings. The fourth-order valence-electron chi connectivity index (χ4n) is 1.30. The van der Waals surface area contributed by atoms with Crippen LogP contribution in [0.4, 0.5) is 0 Å². The number of ketones is 1. The van der Waals surface area contributed by atoms with E-state index in [1.54, 1.807) is 32.0 Å². The first-order chi connectivity index (χ1) is 8.24. The van der Waals surface area contributed by atoms with E-state index < -0.39 is 15.3 Å². The van der Waals surface area contributed by atoms with Crippen molar-refractivity contribution in [3.63, 3.8) is 0 Å². The van der Waals surface area contributed by atoms with Crippen LogP contribution in [-0.4, -0.2) is 19.5 Å². The maximum atomic E-state index is 11.6. The molecule has 1 N–H and O–H groups in total. The molecule has 0 bridgehead atoms. The Balaban J connectivity index is 2.88. The lowest BCUT2D eigenvalue weighted by Gasteiger charge is -2.10. The number of rotatable bonds is 5.